The van der Waals surface area contributed by atoms with E-state index in [-0.39, 0.29) is 0 Å². The van der Waals surface area contributed by atoms with Crippen LogP contribution in [-0.2, 0) is 13.1 Å². The Morgan fingerprint density at radius 1 is 1.41 bits per heavy atom. The van der Waals surface area contributed by atoms with Gasteiger partial charge in [-0.25, -0.2) is 9.97 Å². The second-order valence-electron chi connectivity index (χ2n) is 4.70. The summed E-state index contributed by atoms with van der Waals surface area (Å²) in [6.45, 7) is 1.43. The van der Waals surface area contributed by atoms with Gasteiger partial charge in [0, 0.05) is 30.0 Å². The predicted molar refractivity (Wildman–Crippen MR) is 88.8 cm³/mol. The maximum atomic E-state index is 5.85. The molecule has 0 saturated carbocycles. The Hall–Kier alpha value is -2.05. The molecule has 2 aromatic heterocycles. The molecule has 1 aromatic carbocycles. The summed E-state index contributed by atoms with van der Waals surface area (Å²) >= 11 is 7.32. The summed E-state index contributed by atoms with van der Waals surface area (Å²) < 4.78 is 7.98. The Kier molecular flexibility index (Phi) is 4.60. The number of thiazole rings is 1. The van der Waals surface area contributed by atoms with Gasteiger partial charge in [0.15, 0.2) is 4.47 Å². The van der Waals surface area contributed by atoms with Gasteiger partial charge in [-0.15, -0.1) is 11.3 Å². The Labute approximate surface area is 137 Å². The zero-order valence-corrected chi connectivity index (χ0v) is 13.6. The fourth-order valence-electron chi connectivity index (χ4n) is 2.13. The van der Waals surface area contributed by atoms with Crippen molar-refractivity contribution >= 4 is 28.6 Å². The number of halogens is 1. The highest BCUT2D eigenvalue weighted by molar-refractivity contribution is 7.15. The molecule has 0 spiro atoms. The van der Waals surface area contributed by atoms with E-state index in [1.807, 2.05) is 22.9 Å². The number of ether oxygens (including phenoxy) is 1. The average molecular weight is 335 g/mol. The van der Waals surface area contributed by atoms with Gasteiger partial charge < -0.3 is 14.6 Å². The number of benzene rings is 1. The lowest BCUT2D eigenvalue weighted by atomic mass is 10.2. The van der Waals surface area contributed by atoms with Crippen LogP contribution in [0.1, 0.15) is 10.4 Å². The van der Waals surface area contributed by atoms with Gasteiger partial charge in [-0.05, 0) is 17.7 Å². The van der Waals surface area contributed by atoms with Gasteiger partial charge in [-0.3, -0.25) is 0 Å². The van der Waals surface area contributed by atoms with E-state index in [0.29, 0.717) is 11.0 Å². The van der Waals surface area contributed by atoms with Crippen molar-refractivity contribution in [3.8, 4) is 5.75 Å². The third-order valence-electron chi connectivity index (χ3n) is 3.17. The molecule has 0 aliphatic heterocycles. The molecule has 0 amide bonds. The summed E-state index contributed by atoms with van der Waals surface area (Å²) in [6, 6.07) is 6.10. The van der Waals surface area contributed by atoms with Crippen LogP contribution in [0.3, 0.4) is 0 Å². The van der Waals surface area contributed by atoms with Gasteiger partial charge in [0.1, 0.15) is 5.75 Å². The van der Waals surface area contributed by atoms with Crippen molar-refractivity contribution < 1.29 is 4.74 Å². The molecule has 114 valence electrons. The number of hydrogen-bond donors (Lipinski definition) is 1. The zero-order valence-electron chi connectivity index (χ0n) is 12.0. The standard InChI is InChI=1S/C15H15ClN4OS/c1-21-14-3-2-11(9-20-5-4-17-10-20)6-13(14)18-7-12-8-19-15(16)22-12/h2-6,8,10,18H,7,9H2,1H3. The first-order valence-corrected chi connectivity index (χ1v) is 7.91. The van der Waals surface area contributed by atoms with Crippen LogP contribution in [0.5, 0.6) is 5.75 Å². The molecule has 22 heavy (non-hydrogen) atoms. The van der Waals surface area contributed by atoms with E-state index in [4.69, 9.17) is 16.3 Å². The number of rotatable bonds is 6. The second kappa shape index (κ2) is 6.81. The number of nitrogens with one attached hydrogen (secondary N) is 1. The van der Waals surface area contributed by atoms with Crippen LogP contribution in [0.25, 0.3) is 0 Å². The van der Waals surface area contributed by atoms with E-state index >= 15 is 0 Å². The van der Waals surface area contributed by atoms with Crippen LogP contribution < -0.4 is 10.1 Å². The first-order chi connectivity index (χ1) is 10.7. The van der Waals surface area contributed by atoms with Gasteiger partial charge in [0.25, 0.3) is 0 Å². The summed E-state index contributed by atoms with van der Waals surface area (Å²) in [6.07, 6.45) is 7.30. The normalized spacial score (nSPS) is 10.6. The van der Waals surface area contributed by atoms with Crippen LogP contribution >= 0.6 is 22.9 Å². The lowest BCUT2D eigenvalue weighted by Gasteiger charge is -2.12. The molecular weight excluding hydrogens is 320 g/mol. The molecule has 3 rings (SSSR count). The fraction of sp³-hybridized carbons (Fsp3) is 0.200. The molecule has 7 heteroatoms. The van der Waals surface area contributed by atoms with Gasteiger partial charge in [-0.2, -0.15) is 0 Å². The SMILES string of the molecule is COc1ccc(Cn2ccnc2)cc1NCc1cnc(Cl)s1. The van der Waals surface area contributed by atoms with Crippen molar-refractivity contribution in [2.75, 3.05) is 12.4 Å². The Morgan fingerprint density at radius 2 is 2.32 bits per heavy atom. The molecule has 3 aromatic rings. The molecule has 0 saturated heterocycles. The molecule has 0 fully saturated rings. The first-order valence-electron chi connectivity index (χ1n) is 6.71. The number of anilines is 1. The van der Waals surface area contributed by atoms with E-state index < -0.39 is 0 Å². The second-order valence-corrected chi connectivity index (χ2v) is 6.40. The summed E-state index contributed by atoms with van der Waals surface area (Å²) in [7, 11) is 1.67. The van der Waals surface area contributed by atoms with Crippen LogP contribution in [0.15, 0.2) is 43.1 Å². The fourth-order valence-corrected chi connectivity index (χ4v) is 3.05. The van der Waals surface area contributed by atoms with E-state index in [0.717, 1.165) is 22.9 Å². The molecule has 0 aliphatic carbocycles. The number of aromatic nitrogens is 3. The first kappa shape index (κ1) is 14.9. The largest absolute Gasteiger partial charge is 0.495 e. The van der Waals surface area contributed by atoms with Crippen molar-refractivity contribution in [1.29, 1.82) is 0 Å². The van der Waals surface area contributed by atoms with E-state index in [1.54, 1.807) is 25.8 Å². The van der Waals surface area contributed by atoms with Crippen LogP contribution in [0.2, 0.25) is 4.47 Å². The van der Waals surface area contributed by atoms with Crippen molar-refractivity contribution in [2.24, 2.45) is 0 Å². The third kappa shape index (κ3) is 3.58. The van der Waals surface area contributed by atoms with E-state index in [1.165, 1.54) is 16.9 Å². The Bertz CT molecular complexity index is 742. The number of nitrogens with zero attached hydrogens (tertiary/aromatic N) is 3. The summed E-state index contributed by atoms with van der Waals surface area (Å²) in [5, 5.41) is 3.38. The predicted octanol–water partition coefficient (Wildman–Crippen LogP) is 3.66. The van der Waals surface area contributed by atoms with Crippen molar-refractivity contribution in [3.05, 3.63) is 58.0 Å². The topological polar surface area (TPSA) is 52.0 Å². The molecular formula is C15H15ClN4OS. The van der Waals surface area contributed by atoms with Crippen molar-refractivity contribution in [1.82, 2.24) is 14.5 Å². The van der Waals surface area contributed by atoms with E-state index in [2.05, 4.69) is 21.4 Å². The molecule has 0 radical (unpaired) electrons. The van der Waals surface area contributed by atoms with Gasteiger partial charge in [0.05, 0.1) is 25.7 Å². The summed E-state index contributed by atoms with van der Waals surface area (Å²) in [4.78, 5) is 9.17. The van der Waals surface area contributed by atoms with Gasteiger partial charge in [-0.1, -0.05) is 17.7 Å². The highest BCUT2D eigenvalue weighted by atomic mass is 35.5. The Morgan fingerprint density at radius 3 is 3.00 bits per heavy atom. The molecule has 5 nitrogen and oxygen atoms in total. The molecule has 0 bridgehead atoms. The minimum Gasteiger partial charge on any atom is -0.495 e. The summed E-state index contributed by atoms with van der Waals surface area (Å²) in [5.41, 5.74) is 2.12. The van der Waals surface area contributed by atoms with E-state index in [9.17, 15) is 0 Å². The smallest absolute Gasteiger partial charge is 0.183 e. The van der Waals surface area contributed by atoms with Crippen molar-refractivity contribution in [3.63, 3.8) is 0 Å². The van der Waals surface area contributed by atoms with Crippen LogP contribution in [0.4, 0.5) is 5.69 Å². The highest BCUT2D eigenvalue weighted by Gasteiger charge is 2.06. The van der Waals surface area contributed by atoms with Gasteiger partial charge in [0.2, 0.25) is 0 Å². The number of methoxy groups -OCH3 is 1. The highest BCUT2D eigenvalue weighted by Crippen LogP contribution is 2.27. The van der Waals surface area contributed by atoms with Gasteiger partial charge >= 0.3 is 0 Å². The van der Waals surface area contributed by atoms with Crippen LogP contribution in [0, 0.1) is 0 Å². The minimum atomic E-state index is 0.553. The summed E-state index contributed by atoms with van der Waals surface area (Å²) in [5.74, 6) is 0.810. The lowest BCUT2D eigenvalue weighted by Crippen LogP contribution is -2.02. The molecule has 1 N–H and O–H groups in total. The zero-order chi connectivity index (χ0) is 15.4. The molecule has 0 aliphatic rings. The quantitative estimate of drug-likeness (QED) is 0.747. The van der Waals surface area contributed by atoms with Crippen molar-refractivity contribution in [2.45, 2.75) is 13.1 Å². The maximum Gasteiger partial charge on any atom is 0.183 e. The maximum absolute atomic E-state index is 5.85. The Balaban J connectivity index is 1.75. The number of imidazole rings is 1. The monoisotopic (exact) mass is 334 g/mol. The average Bonchev–Trinajstić information content (AvgIpc) is 3.17. The minimum absolute atomic E-state index is 0.553. The third-order valence-corrected chi connectivity index (χ3v) is 4.28. The number of hydrogen-bond acceptors (Lipinski definition) is 5. The van der Waals surface area contributed by atoms with Crippen LogP contribution in [-0.4, -0.2) is 21.6 Å². The molecule has 0 unspecified atom stereocenters. The molecule has 0 atom stereocenters. The lowest BCUT2D eigenvalue weighted by molar-refractivity contribution is 0.416. The molecule has 2 heterocycles.